The van der Waals surface area contributed by atoms with E-state index < -0.39 is 23.4 Å². The number of ether oxygens (including phenoxy) is 2. The third-order valence-corrected chi connectivity index (χ3v) is 4.10. The van der Waals surface area contributed by atoms with Crippen molar-refractivity contribution in [2.75, 3.05) is 11.9 Å². The summed E-state index contributed by atoms with van der Waals surface area (Å²) in [4.78, 5) is 34.8. The second kappa shape index (κ2) is 9.33. The molecule has 0 atom stereocenters. The monoisotopic (exact) mass is 406 g/mol. The van der Waals surface area contributed by atoms with Crippen LogP contribution in [-0.2, 0) is 9.53 Å². The largest absolute Gasteiger partial charge is 0.457 e. The quantitative estimate of drug-likeness (QED) is 0.352. The summed E-state index contributed by atoms with van der Waals surface area (Å²) in [7, 11) is 0. The van der Waals surface area contributed by atoms with Gasteiger partial charge in [-0.05, 0) is 48.9 Å². The Labute approximate surface area is 172 Å². The van der Waals surface area contributed by atoms with E-state index in [1.54, 1.807) is 37.3 Å². The van der Waals surface area contributed by atoms with Crippen LogP contribution in [0, 0.1) is 17.0 Å². The molecule has 0 fully saturated rings. The van der Waals surface area contributed by atoms with Gasteiger partial charge in [-0.25, -0.2) is 4.79 Å². The molecule has 1 amide bonds. The van der Waals surface area contributed by atoms with Crippen molar-refractivity contribution in [2.45, 2.75) is 6.92 Å². The molecule has 30 heavy (non-hydrogen) atoms. The van der Waals surface area contributed by atoms with E-state index in [0.717, 1.165) is 0 Å². The maximum atomic E-state index is 12.2. The molecule has 0 radical (unpaired) electrons. The third-order valence-electron chi connectivity index (χ3n) is 4.10. The van der Waals surface area contributed by atoms with Crippen molar-refractivity contribution in [3.63, 3.8) is 0 Å². The highest BCUT2D eigenvalue weighted by molar-refractivity contribution is 5.98. The van der Waals surface area contributed by atoms with Crippen LogP contribution in [0.15, 0.2) is 72.8 Å². The number of hydrogen-bond donors (Lipinski definition) is 1. The lowest BCUT2D eigenvalue weighted by molar-refractivity contribution is -0.385. The standard InChI is InChI=1S/C22H18N2O6/c1-15-6-5-9-19(24(27)28)21(15)22(26)29-14-20(25)23-16-10-12-18(13-11-16)30-17-7-3-2-4-8-17/h2-13H,14H2,1H3,(H,23,25). The number of nitro benzene ring substituents is 1. The fraction of sp³-hybridized carbons (Fsp3) is 0.0909. The Morgan fingerprint density at radius 1 is 0.933 bits per heavy atom. The van der Waals surface area contributed by atoms with Gasteiger partial charge >= 0.3 is 5.97 Å². The molecule has 8 heteroatoms. The zero-order valence-electron chi connectivity index (χ0n) is 16.0. The van der Waals surface area contributed by atoms with E-state index in [2.05, 4.69) is 5.32 Å². The molecule has 0 aliphatic heterocycles. The molecule has 152 valence electrons. The van der Waals surface area contributed by atoms with Crippen molar-refractivity contribution < 1.29 is 24.0 Å². The van der Waals surface area contributed by atoms with Gasteiger partial charge in [-0.3, -0.25) is 14.9 Å². The number of hydrogen-bond acceptors (Lipinski definition) is 6. The highest BCUT2D eigenvalue weighted by Crippen LogP contribution is 2.24. The molecule has 0 saturated heterocycles. The number of aryl methyl sites for hydroxylation is 1. The Hall–Kier alpha value is -4.20. The Morgan fingerprint density at radius 2 is 1.60 bits per heavy atom. The van der Waals surface area contributed by atoms with Crippen LogP contribution in [0.5, 0.6) is 11.5 Å². The number of nitrogens with zero attached hydrogens (tertiary/aromatic N) is 1. The molecule has 3 aromatic carbocycles. The van der Waals surface area contributed by atoms with Crippen LogP contribution in [0.4, 0.5) is 11.4 Å². The van der Waals surface area contributed by atoms with Gasteiger partial charge in [0.05, 0.1) is 4.92 Å². The first-order valence-corrected chi connectivity index (χ1v) is 8.98. The van der Waals surface area contributed by atoms with E-state index in [9.17, 15) is 19.7 Å². The topological polar surface area (TPSA) is 108 Å². The average molecular weight is 406 g/mol. The lowest BCUT2D eigenvalue weighted by Crippen LogP contribution is -2.21. The molecule has 0 aliphatic rings. The Balaban J connectivity index is 1.56. The number of esters is 1. The third kappa shape index (κ3) is 5.20. The molecule has 0 bridgehead atoms. The number of rotatable bonds is 7. The molecular weight excluding hydrogens is 388 g/mol. The zero-order chi connectivity index (χ0) is 21.5. The summed E-state index contributed by atoms with van der Waals surface area (Å²) in [5, 5.41) is 13.7. The highest BCUT2D eigenvalue weighted by Gasteiger charge is 2.24. The molecule has 8 nitrogen and oxygen atoms in total. The minimum absolute atomic E-state index is 0.169. The van der Waals surface area contributed by atoms with Gasteiger partial charge in [0.2, 0.25) is 0 Å². The summed E-state index contributed by atoms with van der Waals surface area (Å²) in [5.41, 5.74) is 0.342. The highest BCUT2D eigenvalue weighted by atomic mass is 16.6. The SMILES string of the molecule is Cc1cccc([N+](=O)[O-])c1C(=O)OCC(=O)Nc1ccc(Oc2ccccc2)cc1. The maximum Gasteiger partial charge on any atom is 0.345 e. The molecular formula is C22H18N2O6. The van der Waals surface area contributed by atoms with Crippen LogP contribution >= 0.6 is 0 Å². The smallest absolute Gasteiger partial charge is 0.345 e. The Morgan fingerprint density at radius 3 is 2.27 bits per heavy atom. The van der Waals surface area contributed by atoms with Crippen molar-refractivity contribution in [1.82, 2.24) is 0 Å². The second-order valence-corrected chi connectivity index (χ2v) is 6.29. The maximum absolute atomic E-state index is 12.2. The summed E-state index contributed by atoms with van der Waals surface area (Å²) in [6.07, 6.45) is 0. The van der Waals surface area contributed by atoms with Crippen LogP contribution in [0.2, 0.25) is 0 Å². The van der Waals surface area contributed by atoms with Gasteiger partial charge in [0.15, 0.2) is 6.61 Å². The minimum Gasteiger partial charge on any atom is -0.457 e. The van der Waals surface area contributed by atoms with Gasteiger partial charge < -0.3 is 14.8 Å². The molecule has 1 N–H and O–H groups in total. The number of amides is 1. The fourth-order valence-corrected chi connectivity index (χ4v) is 2.70. The van der Waals surface area contributed by atoms with Crippen molar-refractivity contribution in [2.24, 2.45) is 0 Å². The van der Waals surface area contributed by atoms with Gasteiger partial charge in [0.25, 0.3) is 11.6 Å². The number of nitro groups is 1. The molecule has 3 aromatic rings. The van der Waals surface area contributed by atoms with Crippen LogP contribution < -0.4 is 10.1 Å². The first kappa shape index (κ1) is 20.5. The first-order valence-electron chi connectivity index (χ1n) is 8.98. The van der Waals surface area contributed by atoms with E-state index in [1.807, 2.05) is 30.3 Å². The summed E-state index contributed by atoms with van der Waals surface area (Å²) < 4.78 is 10.6. The van der Waals surface area contributed by atoms with Crippen LogP contribution in [0.25, 0.3) is 0 Å². The molecule has 0 saturated carbocycles. The summed E-state index contributed by atoms with van der Waals surface area (Å²) >= 11 is 0. The number of carbonyl (C=O) groups excluding carboxylic acids is 2. The molecule has 0 spiro atoms. The van der Waals surface area contributed by atoms with E-state index >= 15 is 0 Å². The first-order chi connectivity index (χ1) is 14.4. The normalized spacial score (nSPS) is 10.2. The molecule has 3 rings (SSSR count). The van der Waals surface area contributed by atoms with Crippen molar-refractivity contribution in [3.05, 3.63) is 94.0 Å². The second-order valence-electron chi connectivity index (χ2n) is 6.29. The van der Waals surface area contributed by atoms with Crippen LogP contribution in [-0.4, -0.2) is 23.4 Å². The Kier molecular flexibility index (Phi) is 6.39. The number of anilines is 1. The van der Waals surface area contributed by atoms with E-state index in [0.29, 0.717) is 22.7 Å². The van der Waals surface area contributed by atoms with E-state index in [1.165, 1.54) is 12.1 Å². The molecule has 0 unspecified atom stereocenters. The van der Waals surface area contributed by atoms with Crippen molar-refractivity contribution >= 4 is 23.3 Å². The van der Waals surface area contributed by atoms with Gasteiger partial charge in [-0.2, -0.15) is 0 Å². The van der Waals surface area contributed by atoms with E-state index in [-0.39, 0.29) is 11.3 Å². The number of para-hydroxylation sites is 1. The predicted octanol–water partition coefficient (Wildman–Crippen LogP) is 4.49. The number of benzene rings is 3. The van der Waals surface area contributed by atoms with Crippen molar-refractivity contribution in [3.8, 4) is 11.5 Å². The van der Waals surface area contributed by atoms with Crippen LogP contribution in [0.1, 0.15) is 15.9 Å². The number of carbonyl (C=O) groups is 2. The molecule has 0 aliphatic carbocycles. The minimum atomic E-state index is -0.929. The lowest BCUT2D eigenvalue weighted by atomic mass is 10.1. The summed E-state index contributed by atoms with van der Waals surface area (Å²) in [5.74, 6) is -0.221. The van der Waals surface area contributed by atoms with Gasteiger partial charge in [0.1, 0.15) is 17.1 Å². The van der Waals surface area contributed by atoms with E-state index in [4.69, 9.17) is 9.47 Å². The van der Waals surface area contributed by atoms with Gasteiger partial charge in [-0.1, -0.05) is 30.3 Å². The average Bonchev–Trinajstić information content (AvgIpc) is 2.74. The number of nitrogens with one attached hydrogen (secondary N) is 1. The van der Waals surface area contributed by atoms with Gasteiger partial charge in [0, 0.05) is 11.8 Å². The lowest BCUT2D eigenvalue weighted by Gasteiger charge is -2.09. The molecule has 0 aromatic heterocycles. The zero-order valence-corrected chi connectivity index (χ0v) is 16.0. The van der Waals surface area contributed by atoms with Gasteiger partial charge in [-0.15, -0.1) is 0 Å². The van der Waals surface area contributed by atoms with Crippen molar-refractivity contribution in [1.29, 1.82) is 0 Å². The predicted molar refractivity (Wildman–Crippen MR) is 110 cm³/mol. The Bertz CT molecular complexity index is 1060. The summed E-state index contributed by atoms with van der Waals surface area (Å²) in [6, 6.07) is 20.1. The summed E-state index contributed by atoms with van der Waals surface area (Å²) in [6.45, 7) is 0.981. The fourth-order valence-electron chi connectivity index (χ4n) is 2.70. The van der Waals surface area contributed by atoms with Crippen LogP contribution in [0.3, 0.4) is 0 Å². The molecule has 0 heterocycles.